The van der Waals surface area contributed by atoms with Crippen LogP contribution >= 0.6 is 0 Å². The number of fused-ring (bicyclic) bond motifs is 1. The number of alkyl halides is 6. The summed E-state index contributed by atoms with van der Waals surface area (Å²) in [5, 5.41) is 31.6. The minimum Gasteiger partial charge on any atom is -0.508 e. The molecule has 250 valence electrons. The van der Waals surface area contributed by atoms with Crippen molar-refractivity contribution in [3.63, 3.8) is 0 Å². The molecule has 2 amide bonds. The molecule has 4 atom stereocenters. The van der Waals surface area contributed by atoms with Gasteiger partial charge in [-0.2, -0.15) is 26.3 Å². The Morgan fingerprint density at radius 2 is 1.54 bits per heavy atom. The van der Waals surface area contributed by atoms with E-state index in [2.05, 4.69) is 0 Å². The molecule has 0 aromatic heterocycles. The maximum Gasteiger partial charge on any atom is 0.416 e. The van der Waals surface area contributed by atoms with Crippen molar-refractivity contribution in [2.75, 3.05) is 11.5 Å². The van der Waals surface area contributed by atoms with Gasteiger partial charge in [0.15, 0.2) is 0 Å². The van der Waals surface area contributed by atoms with Crippen LogP contribution in [-0.4, -0.2) is 39.8 Å². The lowest BCUT2D eigenvalue weighted by molar-refractivity contribution is -0.143. The first kappa shape index (κ1) is 35.2. The van der Waals surface area contributed by atoms with E-state index in [9.17, 15) is 51.3 Å². The second-order valence-corrected chi connectivity index (χ2v) is 11.9. The number of imide groups is 1. The van der Waals surface area contributed by atoms with E-state index in [4.69, 9.17) is 0 Å². The smallest absolute Gasteiger partial charge is 0.416 e. The summed E-state index contributed by atoms with van der Waals surface area (Å²) in [5.74, 6) is -5.27. The van der Waals surface area contributed by atoms with Crippen LogP contribution in [0.3, 0.4) is 0 Å². The number of carbonyl (C=O) groups excluding carboxylic acids is 2. The molecule has 1 aliphatic carbocycles. The van der Waals surface area contributed by atoms with Crippen molar-refractivity contribution in [1.29, 1.82) is 0 Å². The summed E-state index contributed by atoms with van der Waals surface area (Å²) >= 11 is 0. The molecular weight excluding hydrogens is 616 g/mol. The van der Waals surface area contributed by atoms with Crippen LogP contribution in [0.15, 0.2) is 59.2 Å². The molecule has 12 heteroatoms. The van der Waals surface area contributed by atoms with Crippen molar-refractivity contribution in [3.8, 4) is 5.75 Å². The van der Waals surface area contributed by atoms with Crippen LogP contribution in [0.25, 0.3) is 6.08 Å². The number of allylic oxidation sites excluding steroid dienone is 2. The van der Waals surface area contributed by atoms with E-state index in [-0.39, 0.29) is 24.7 Å². The first-order valence-electron chi connectivity index (χ1n) is 15.3. The van der Waals surface area contributed by atoms with Crippen LogP contribution in [0.2, 0.25) is 0 Å². The maximum atomic E-state index is 13.8. The van der Waals surface area contributed by atoms with Crippen molar-refractivity contribution >= 4 is 23.6 Å². The zero-order valence-corrected chi connectivity index (χ0v) is 25.5. The monoisotopic (exact) mass is 653 g/mol. The van der Waals surface area contributed by atoms with Crippen LogP contribution in [0.5, 0.6) is 5.75 Å². The van der Waals surface area contributed by atoms with E-state index < -0.39 is 71.4 Å². The number of hydrogen-bond acceptors (Lipinski definition) is 5. The number of aromatic hydroxyl groups is 1. The highest BCUT2D eigenvalue weighted by Crippen LogP contribution is 2.49. The van der Waals surface area contributed by atoms with Crippen LogP contribution in [0, 0.1) is 17.8 Å². The number of phenolic OH excluding ortho intramolecular Hbond substituents is 1. The van der Waals surface area contributed by atoms with Crippen LogP contribution < -0.4 is 4.90 Å². The van der Waals surface area contributed by atoms with E-state index in [0.717, 1.165) is 24.0 Å². The quantitative estimate of drug-likeness (QED) is 0.131. The zero-order valence-electron chi connectivity index (χ0n) is 25.5. The normalized spacial score (nSPS) is 21.7. The van der Waals surface area contributed by atoms with E-state index >= 15 is 0 Å². The molecule has 4 rings (SSSR count). The number of nitrogens with zero attached hydrogens (tertiary/aromatic N) is 1. The first-order chi connectivity index (χ1) is 21.6. The third-order valence-electron chi connectivity index (χ3n) is 8.70. The van der Waals surface area contributed by atoms with Crippen LogP contribution in [0.1, 0.15) is 75.5 Å². The van der Waals surface area contributed by atoms with Gasteiger partial charge in [-0.15, -0.1) is 0 Å². The molecule has 0 spiro atoms. The fourth-order valence-electron chi connectivity index (χ4n) is 6.69. The SMILES string of the molecule is CCCC1=C([C@H](O)CC/C(=C/c2ccc(O)cc2)CCC)[C@H](CO)[C@@H]2C(=O)N(c3cc(C(F)(F)F)cc(C(F)(F)F)c3)C(=O)[C@@H]2C1. The van der Waals surface area contributed by atoms with Crippen LogP contribution in [-0.2, 0) is 21.9 Å². The minimum atomic E-state index is -5.18. The molecule has 0 unspecified atom stereocenters. The Morgan fingerprint density at radius 1 is 0.935 bits per heavy atom. The number of anilines is 1. The predicted molar refractivity (Wildman–Crippen MR) is 159 cm³/mol. The minimum absolute atomic E-state index is 0.0152. The number of halogens is 6. The van der Waals surface area contributed by atoms with Gasteiger partial charge in [0.25, 0.3) is 0 Å². The fourth-order valence-corrected chi connectivity index (χ4v) is 6.69. The Morgan fingerprint density at radius 3 is 2.07 bits per heavy atom. The standard InChI is InChI=1S/C34H37F6NO5/c1-3-5-19(13-20-7-10-25(43)11-8-20)9-12-28(44)29-21(6-4-2)14-26-30(27(29)18-42)32(46)41(31(26)45)24-16-22(33(35,36)37)15-23(17-24)34(38,39)40/h7-8,10-11,13,15-17,26-28,30,42-44H,3-6,9,12,14,18H2,1-2H3/b19-13+/t26-,27+,28-,30-/m1/s1. The van der Waals surface area contributed by atoms with Gasteiger partial charge in [0.05, 0.1) is 41.4 Å². The molecule has 2 aromatic rings. The number of phenols is 1. The van der Waals surface area contributed by atoms with E-state index in [1.54, 1.807) is 24.3 Å². The summed E-state index contributed by atoms with van der Waals surface area (Å²) in [5.41, 5.74) is -1.24. The number of aliphatic hydroxyl groups is 2. The van der Waals surface area contributed by atoms with Crippen molar-refractivity contribution in [3.05, 3.63) is 75.9 Å². The van der Waals surface area contributed by atoms with E-state index in [0.29, 0.717) is 47.4 Å². The topological polar surface area (TPSA) is 98.1 Å². The second kappa shape index (κ2) is 14.0. The van der Waals surface area contributed by atoms with Crippen molar-refractivity contribution < 1.29 is 51.3 Å². The Kier molecular flexibility index (Phi) is 10.7. The molecule has 6 nitrogen and oxygen atoms in total. The third-order valence-corrected chi connectivity index (χ3v) is 8.70. The lowest BCUT2D eigenvalue weighted by Crippen LogP contribution is -2.39. The third kappa shape index (κ3) is 7.49. The number of hydrogen-bond donors (Lipinski definition) is 3. The summed E-state index contributed by atoms with van der Waals surface area (Å²) in [6, 6.07) is 7.25. The summed E-state index contributed by atoms with van der Waals surface area (Å²) in [6.07, 6.45) is -6.31. The molecule has 1 fully saturated rings. The molecule has 2 aromatic carbocycles. The van der Waals surface area contributed by atoms with Crippen molar-refractivity contribution in [2.24, 2.45) is 17.8 Å². The fraction of sp³-hybridized carbons (Fsp3) is 0.471. The Balaban J connectivity index is 1.67. The lowest BCUT2D eigenvalue weighted by atomic mass is 9.67. The second-order valence-electron chi connectivity index (χ2n) is 11.9. The van der Waals surface area contributed by atoms with Gasteiger partial charge in [0.1, 0.15) is 5.75 Å². The summed E-state index contributed by atoms with van der Waals surface area (Å²) in [6.45, 7) is 3.21. The maximum absolute atomic E-state index is 13.8. The first-order valence-corrected chi connectivity index (χ1v) is 15.3. The van der Waals surface area contributed by atoms with E-state index in [1.807, 2.05) is 19.9 Å². The highest BCUT2D eigenvalue weighted by molar-refractivity contribution is 6.22. The predicted octanol–water partition coefficient (Wildman–Crippen LogP) is 7.67. The zero-order chi connectivity index (χ0) is 34.0. The molecule has 2 aliphatic rings. The highest BCUT2D eigenvalue weighted by atomic mass is 19.4. The van der Waals surface area contributed by atoms with Crippen molar-refractivity contribution in [1.82, 2.24) is 0 Å². The molecule has 1 saturated heterocycles. The Hall–Kier alpha value is -3.64. The number of benzene rings is 2. The number of rotatable bonds is 11. The number of aliphatic hydroxyl groups excluding tert-OH is 2. The molecule has 3 N–H and O–H groups in total. The largest absolute Gasteiger partial charge is 0.508 e. The average molecular weight is 654 g/mol. The number of amides is 2. The van der Waals surface area contributed by atoms with Crippen LogP contribution in [0.4, 0.5) is 32.0 Å². The molecule has 1 aliphatic heterocycles. The molecule has 1 heterocycles. The summed E-state index contributed by atoms with van der Waals surface area (Å²) in [7, 11) is 0. The van der Waals surface area contributed by atoms with Gasteiger partial charge in [0.2, 0.25) is 11.8 Å². The molecule has 0 radical (unpaired) electrons. The highest BCUT2D eigenvalue weighted by Gasteiger charge is 2.55. The lowest BCUT2D eigenvalue weighted by Gasteiger charge is -2.36. The average Bonchev–Trinajstić information content (AvgIpc) is 3.24. The van der Waals surface area contributed by atoms with Gasteiger partial charge >= 0.3 is 12.4 Å². The van der Waals surface area contributed by atoms with Crippen molar-refractivity contribution in [2.45, 2.75) is 77.2 Å². The number of carbonyl (C=O) groups is 2. The van der Waals surface area contributed by atoms with Gasteiger partial charge in [-0.25, -0.2) is 4.90 Å². The summed E-state index contributed by atoms with van der Waals surface area (Å²) < 4.78 is 81.5. The molecule has 46 heavy (non-hydrogen) atoms. The van der Waals surface area contributed by atoms with E-state index in [1.165, 1.54) is 0 Å². The van der Waals surface area contributed by atoms with Gasteiger partial charge in [-0.3, -0.25) is 9.59 Å². The Labute approximate surface area is 263 Å². The molecular formula is C34H37F6NO5. The van der Waals surface area contributed by atoms with Gasteiger partial charge in [0, 0.05) is 5.92 Å². The molecule has 0 bridgehead atoms. The molecule has 0 saturated carbocycles. The van der Waals surface area contributed by atoms with Gasteiger partial charge < -0.3 is 15.3 Å². The van der Waals surface area contributed by atoms with Gasteiger partial charge in [-0.05, 0) is 73.6 Å². The van der Waals surface area contributed by atoms with Gasteiger partial charge in [-0.1, -0.05) is 56.0 Å². The Bertz CT molecular complexity index is 1460. The summed E-state index contributed by atoms with van der Waals surface area (Å²) in [4.78, 5) is 27.7.